The topological polar surface area (TPSA) is 85.8 Å². The summed E-state index contributed by atoms with van der Waals surface area (Å²) >= 11 is 0. The van der Waals surface area contributed by atoms with Gasteiger partial charge in [-0.25, -0.2) is 4.68 Å². The fraction of sp³-hybridized carbons (Fsp3) is 0.368. The Morgan fingerprint density at radius 2 is 2.04 bits per heavy atom. The second kappa shape index (κ2) is 7.95. The van der Waals surface area contributed by atoms with Crippen molar-refractivity contribution in [3.05, 3.63) is 59.5 Å². The van der Waals surface area contributed by atoms with Gasteiger partial charge in [0.2, 0.25) is 5.89 Å². The first-order chi connectivity index (χ1) is 12.5. The standard InChI is InChI=1S/C19H23N5O2/c1-13(2)18-22-17(26-23-18)5-4-10-20-19(25)15-6-8-16(9-7-15)24-12-14(3)11-21-24/h6-9,11-13H,4-5,10H2,1-3H3,(H,20,25). The number of carbonyl (C=O) groups is 1. The van der Waals surface area contributed by atoms with Gasteiger partial charge in [0.05, 0.1) is 11.9 Å². The zero-order chi connectivity index (χ0) is 18.5. The average molecular weight is 353 g/mol. The Kier molecular flexibility index (Phi) is 5.46. The van der Waals surface area contributed by atoms with Crippen molar-refractivity contribution in [1.82, 2.24) is 25.2 Å². The number of nitrogens with zero attached hydrogens (tertiary/aromatic N) is 4. The van der Waals surface area contributed by atoms with Crippen LogP contribution in [0.25, 0.3) is 5.69 Å². The highest BCUT2D eigenvalue weighted by Gasteiger charge is 2.10. The fourth-order valence-electron chi connectivity index (χ4n) is 2.47. The number of amides is 1. The molecular formula is C19H23N5O2. The van der Waals surface area contributed by atoms with E-state index >= 15 is 0 Å². The van der Waals surface area contributed by atoms with Gasteiger partial charge in [-0.3, -0.25) is 4.79 Å². The third kappa shape index (κ3) is 4.36. The fourth-order valence-corrected chi connectivity index (χ4v) is 2.47. The van der Waals surface area contributed by atoms with Gasteiger partial charge >= 0.3 is 0 Å². The summed E-state index contributed by atoms with van der Waals surface area (Å²) in [4.78, 5) is 16.5. The molecule has 0 fully saturated rings. The van der Waals surface area contributed by atoms with Crippen molar-refractivity contribution in [2.45, 2.75) is 39.5 Å². The minimum atomic E-state index is -0.0957. The van der Waals surface area contributed by atoms with Crippen molar-refractivity contribution in [3.8, 4) is 5.69 Å². The molecule has 3 aromatic rings. The normalized spacial score (nSPS) is 11.1. The number of aromatic nitrogens is 4. The van der Waals surface area contributed by atoms with Crippen molar-refractivity contribution in [1.29, 1.82) is 0 Å². The Balaban J connectivity index is 1.47. The van der Waals surface area contributed by atoms with Gasteiger partial charge in [-0.15, -0.1) is 0 Å². The minimum Gasteiger partial charge on any atom is -0.352 e. The highest BCUT2D eigenvalue weighted by Crippen LogP contribution is 2.11. The molecule has 0 bridgehead atoms. The summed E-state index contributed by atoms with van der Waals surface area (Å²) < 4.78 is 6.98. The van der Waals surface area contributed by atoms with Crippen LogP contribution in [0.4, 0.5) is 0 Å². The van der Waals surface area contributed by atoms with E-state index < -0.39 is 0 Å². The van der Waals surface area contributed by atoms with Gasteiger partial charge in [-0.1, -0.05) is 19.0 Å². The Bertz CT molecular complexity index is 864. The molecule has 0 saturated heterocycles. The van der Waals surface area contributed by atoms with E-state index in [0.29, 0.717) is 24.4 Å². The van der Waals surface area contributed by atoms with E-state index in [1.165, 1.54) is 0 Å². The minimum absolute atomic E-state index is 0.0957. The molecule has 2 aromatic heterocycles. The molecule has 3 rings (SSSR count). The molecule has 0 unspecified atom stereocenters. The van der Waals surface area contributed by atoms with E-state index in [1.54, 1.807) is 23.0 Å². The number of carbonyl (C=O) groups excluding carboxylic acids is 1. The van der Waals surface area contributed by atoms with Gasteiger partial charge in [0.1, 0.15) is 0 Å². The molecule has 0 aliphatic heterocycles. The molecule has 0 aliphatic rings. The SMILES string of the molecule is Cc1cnn(-c2ccc(C(=O)NCCCc3nc(C(C)C)no3)cc2)c1. The zero-order valence-electron chi connectivity index (χ0n) is 15.3. The molecule has 2 heterocycles. The molecule has 7 heteroatoms. The van der Waals surface area contributed by atoms with E-state index in [0.717, 1.165) is 23.5 Å². The number of hydrogen-bond donors (Lipinski definition) is 1. The lowest BCUT2D eigenvalue weighted by Gasteiger charge is -2.06. The number of nitrogens with one attached hydrogen (secondary N) is 1. The van der Waals surface area contributed by atoms with Crippen LogP contribution >= 0.6 is 0 Å². The maximum absolute atomic E-state index is 12.2. The van der Waals surface area contributed by atoms with Crippen molar-refractivity contribution >= 4 is 5.91 Å². The van der Waals surface area contributed by atoms with Gasteiger partial charge in [-0.05, 0) is 43.2 Å². The Morgan fingerprint density at radius 3 is 2.65 bits per heavy atom. The van der Waals surface area contributed by atoms with Crippen LogP contribution in [0.3, 0.4) is 0 Å². The first-order valence-electron chi connectivity index (χ1n) is 8.75. The second-order valence-corrected chi connectivity index (χ2v) is 6.57. The van der Waals surface area contributed by atoms with Gasteiger partial charge < -0.3 is 9.84 Å². The van der Waals surface area contributed by atoms with Gasteiger partial charge in [0, 0.05) is 30.6 Å². The number of hydrogen-bond acceptors (Lipinski definition) is 5. The van der Waals surface area contributed by atoms with E-state index in [1.807, 2.05) is 39.1 Å². The summed E-state index contributed by atoms with van der Waals surface area (Å²) in [6.45, 7) is 6.59. The van der Waals surface area contributed by atoms with Crippen molar-refractivity contribution in [3.63, 3.8) is 0 Å². The molecule has 1 N–H and O–H groups in total. The maximum Gasteiger partial charge on any atom is 0.251 e. The molecule has 0 atom stereocenters. The van der Waals surface area contributed by atoms with Crippen LogP contribution in [-0.2, 0) is 6.42 Å². The smallest absolute Gasteiger partial charge is 0.251 e. The van der Waals surface area contributed by atoms with E-state index in [-0.39, 0.29) is 11.8 Å². The van der Waals surface area contributed by atoms with Crippen LogP contribution in [0.2, 0.25) is 0 Å². The Morgan fingerprint density at radius 1 is 1.27 bits per heavy atom. The van der Waals surface area contributed by atoms with Crippen molar-refractivity contribution in [2.24, 2.45) is 0 Å². The average Bonchev–Trinajstić information content (AvgIpc) is 3.28. The van der Waals surface area contributed by atoms with E-state index in [2.05, 4.69) is 20.6 Å². The zero-order valence-corrected chi connectivity index (χ0v) is 15.3. The number of benzene rings is 1. The molecule has 1 aromatic carbocycles. The molecule has 7 nitrogen and oxygen atoms in total. The highest BCUT2D eigenvalue weighted by molar-refractivity contribution is 5.94. The molecule has 0 radical (unpaired) electrons. The molecule has 0 spiro atoms. The second-order valence-electron chi connectivity index (χ2n) is 6.57. The third-order valence-electron chi connectivity index (χ3n) is 3.96. The molecular weight excluding hydrogens is 330 g/mol. The Labute approximate surface area is 152 Å². The summed E-state index contributed by atoms with van der Waals surface area (Å²) in [6.07, 6.45) is 5.14. The molecule has 0 aliphatic carbocycles. The lowest BCUT2D eigenvalue weighted by Crippen LogP contribution is -2.24. The summed E-state index contributed by atoms with van der Waals surface area (Å²) in [7, 11) is 0. The third-order valence-corrected chi connectivity index (χ3v) is 3.96. The van der Waals surface area contributed by atoms with Crippen molar-refractivity contribution in [2.75, 3.05) is 6.54 Å². The van der Waals surface area contributed by atoms with E-state index in [4.69, 9.17) is 4.52 Å². The van der Waals surface area contributed by atoms with Crippen LogP contribution in [0, 0.1) is 6.92 Å². The number of aryl methyl sites for hydroxylation is 2. The maximum atomic E-state index is 12.2. The summed E-state index contributed by atoms with van der Waals surface area (Å²) in [5.74, 6) is 1.49. The quantitative estimate of drug-likeness (QED) is 0.660. The lowest BCUT2D eigenvalue weighted by atomic mass is 10.2. The summed E-state index contributed by atoms with van der Waals surface area (Å²) in [5.41, 5.74) is 2.64. The number of rotatable bonds is 7. The molecule has 0 saturated carbocycles. The van der Waals surface area contributed by atoms with Gasteiger partial charge in [0.15, 0.2) is 5.82 Å². The largest absolute Gasteiger partial charge is 0.352 e. The first-order valence-corrected chi connectivity index (χ1v) is 8.75. The van der Waals surface area contributed by atoms with Crippen LogP contribution in [0.5, 0.6) is 0 Å². The highest BCUT2D eigenvalue weighted by atomic mass is 16.5. The monoisotopic (exact) mass is 353 g/mol. The van der Waals surface area contributed by atoms with Gasteiger partial charge in [0.25, 0.3) is 5.91 Å². The predicted octanol–water partition coefficient (Wildman–Crippen LogP) is 3.05. The first kappa shape index (κ1) is 17.8. The van der Waals surface area contributed by atoms with Crippen LogP contribution < -0.4 is 5.32 Å². The van der Waals surface area contributed by atoms with Crippen LogP contribution in [0.1, 0.15) is 53.8 Å². The van der Waals surface area contributed by atoms with Gasteiger partial charge in [-0.2, -0.15) is 10.1 Å². The predicted molar refractivity (Wildman–Crippen MR) is 97.3 cm³/mol. The molecule has 26 heavy (non-hydrogen) atoms. The van der Waals surface area contributed by atoms with Crippen LogP contribution in [0.15, 0.2) is 41.2 Å². The van der Waals surface area contributed by atoms with E-state index in [9.17, 15) is 4.79 Å². The summed E-state index contributed by atoms with van der Waals surface area (Å²) in [6, 6.07) is 7.36. The molecule has 136 valence electrons. The lowest BCUT2D eigenvalue weighted by molar-refractivity contribution is 0.0953. The van der Waals surface area contributed by atoms with Crippen LogP contribution in [-0.4, -0.2) is 32.4 Å². The van der Waals surface area contributed by atoms with Crippen molar-refractivity contribution < 1.29 is 9.32 Å². The summed E-state index contributed by atoms with van der Waals surface area (Å²) in [5, 5.41) is 11.1. The Hall–Kier alpha value is -2.96. The molecule has 1 amide bonds.